The fourth-order valence-corrected chi connectivity index (χ4v) is 2.95. The number of H-pyrrole nitrogens is 1. The lowest BCUT2D eigenvalue weighted by molar-refractivity contribution is -0.00697. The molecule has 2 aromatic rings. The molecule has 0 unspecified atom stereocenters. The van der Waals surface area contributed by atoms with E-state index in [0.717, 1.165) is 22.6 Å². The maximum atomic E-state index is 12.4. The fraction of sp³-hybridized carbons (Fsp3) is 0.533. The van der Waals surface area contributed by atoms with Gasteiger partial charge in [-0.25, -0.2) is 0 Å². The van der Waals surface area contributed by atoms with E-state index in [1.807, 2.05) is 33.9 Å². The van der Waals surface area contributed by atoms with Gasteiger partial charge in [-0.3, -0.25) is 14.6 Å². The third kappa shape index (κ3) is 2.64. The van der Waals surface area contributed by atoms with Crippen molar-refractivity contribution in [3.05, 3.63) is 34.4 Å². The molecule has 0 fully saturated rings. The van der Waals surface area contributed by atoms with Crippen LogP contribution in [0.5, 0.6) is 0 Å². The molecule has 0 spiro atoms. The first-order valence-electron chi connectivity index (χ1n) is 7.46. The van der Waals surface area contributed by atoms with Gasteiger partial charge < -0.3 is 10.1 Å². The van der Waals surface area contributed by atoms with Crippen molar-refractivity contribution >= 4 is 5.91 Å². The van der Waals surface area contributed by atoms with Crippen LogP contribution in [0.3, 0.4) is 0 Å². The van der Waals surface area contributed by atoms with E-state index in [-0.39, 0.29) is 18.1 Å². The van der Waals surface area contributed by atoms with Crippen LogP contribution in [-0.2, 0) is 24.8 Å². The molecule has 0 saturated carbocycles. The van der Waals surface area contributed by atoms with Gasteiger partial charge in [0.05, 0.1) is 35.8 Å². The number of aromatic amines is 1. The van der Waals surface area contributed by atoms with Gasteiger partial charge in [-0.2, -0.15) is 10.2 Å². The Labute approximate surface area is 129 Å². The highest BCUT2D eigenvalue weighted by atomic mass is 16.5. The Balaban J connectivity index is 1.75. The van der Waals surface area contributed by atoms with Gasteiger partial charge in [-0.15, -0.1) is 0 Å². The lowest BCUT2D eigenvalue weighted by atomic mass is 9.99. The summed E-state index contributed by atoms with van der Waals surface area (Å²) in [7, 11) is 1.87. The molecule has 0 aliphatic carbocycles. The second-order valence-electron chi connectivity index (χ2n) is 5.84. The van der Waals surface area contributed by atoms with Gasteiger partial charge in [-0.05, 0) is 26.8 Å². The van der Waals surface area contributed by atoms with Crippen molar-refractivity contribution in [2.24, 2.45) is 7.05 Å². The van der Waals surface area contributed by atoms with Gasteiger partial charge in [0.25, 0.3) is 5.91 Å². The van der Waals surface area contributed by atoms with Crippen molar-refractivity contribution in [1.29, 1.82) is 0 Å². The molecule has 1 amide bonds. The minimum absolute atomic E-state index is 0.0625. The van der Waals surface area contributed by atoms with Crippen LogP contribution < -0.4 is 5.32 Å². The van der Waals surface area contributed by atoms with Gasteiger partial charge in [0, 0.05) is 19.0 Å². The molecule has 3 rings (SSSR count). The number of carbonyl (C=O) groups is 1. The first-order chi connectivity index (χ1) is 10.5. The number of nitrogens with one attached hydrogen (secondary N) is 2. The quantitative estimate of drug-likeness (QED) is 0.897. The van der Waals surface area contributed by atoms with Crippen LogP contribution in [0.2, 0.25) is 0 Å². The molecule has 3 heterocycles. The van der Waals surface area contributed by atoms with Gasteiger partial charge in [-0.1, -0.05) is 0 Å². The van der Waals surface area contributed by atoms with Crippen LogP contribution in [0, 0.1) is 6.92 Å². The molecular formula is C15H21N5O2. The SMILES string of the molecule is Cc1cc(CNC(=O)c2n[nH]c3c2C[C@@H](C)O[C@H]3C)n(C)n1. The fourth-order valence-electron chi connectivity index (χ4n) is 2.95. The Morgan fingerprint density at radius 2 is 2.32 bits per heavy atom. The zero-order chi connectivity index (χ0) is 15.9. The van der Waals surface area contributed by atoms with Crippen molar-refractivity contribution in [3.63, 3.8) is 0 Å². The minimum Gasteiger partial charge on any atom is -0.369 e. The van der Waals surface area contributed by atoms with Crippen LogP contribution in [0.4, 0.5) is 0 Å². The Morgan fingerprint density at radius 1 is 1.55 bits per heavy atom. The number of nitrogens with zero attached hydrogens (tertiary/aromatic N) is 3. The van der Waals surface area contributed by atoms with Gasteiger partial charge in [0.15, 0.2) is 5.69 Å². The van der Waals surface area contributed by atoms with Crippen LogP contribution in [0.25, 0.3) is 0 Å². The molecule has 22 heavy (non-hydrogen) atoms. The van der Waals surface area contributed by atoms with Gasteiger partial charge in [0.1, 0.15) is 0 Å². The first-order valence-corrected chi connectivity index (χ1v) is 7.46. The zero-order valence-corrected chi connectivity index (χ0v) is 13.3. The van der Waals surface area contributed by atoms with E-state index in [1.54, 1.807) is 4.68 Å². The van der Waals surface area contributed by atoms with Crippen LogP contribution in [0.15, 0.2) is 6.07 Å². The molecule has 0 radical (unpaired) electrons. The van der Waals surface area contributed by atoms with E-state index in [4.69, 9.17) is 4.74 Å². The van der Waals surface area contributed by atoms with Crippen molar-refractivity contribution in [2.45, 2.75) is 45.9 Å². The molecule has 7 nitrogen and oxygen atoms in total. The Morgan fingerprint density at radius 3 is 3.00 bits per heavy atom. The predicted molar refractivity (Wildman–Crippen MR) is 80.4 cm³/mol. The highest BCUT2D eigenvalue weighted by Crippen LogP contribution is 2.29. The molecule has 7 heteroatoms. The molecule has 2 N–H and O–H groups in total. The molecular weight excluding hydrogens is 282 g/mol. The molecule has 118 valence electrons. The third-order valence-electron chi connectivity index (χ3n) is 3.98. The van der Waals surface area contributed by atoms with Crippen molar-refractivity contribution < 1.29 is 9.53 Å². The number of hydrogen-bond donors (Lipinski definition) is 2. The molecule has 0 bridgehead atoms. The monoisotopic (exact) mass is 303 g/mol. The van der Waals surface area contributed by atoms with Crippen molar-refractivity contribution in [3.8, 4) is 0 Å². The minimum atomic E-state index is -0.169. The number of aromatic nitrogens is 4. The number of amides is 1. The Bertz CT molecular complexity index is 703. The lowest BCUT2D eigenvalue weighted by Crippen LogP contribution is -2.28. The number of carbonyl (C=O) groups excluding carboxylic acids is 1. The summed E-state index contributed by atoms with van der Waals surface area (Å²) < 4.78 is 7.51. The molecule has 0 saturated heterocycles. The second-order valence-corrected chi connectivity index (χ2v) is 5.84. The van der Waals surface area contributed by atoms with E-state index in [1.165, 1.54) is 0 Å². The second kappa shape index (κ2) is 5.57. The van der Waals surface area contributed by atoms with E-state index in [9.17, 15) is 4.79 Å². The van der Waals surface area contributed by atoms with E-state index in [0.29, 0.717) is 18.7 Å². The number of fused-ring (bicyclic) bond motifs is 1. The third-order valence-corrected chi connectivity index (χ3v) is 3.98. The standard InChI is InChI=1S/C15H21N5O2/c1-8-5-11(20(4)19-8)7-16-15(21)14-12-6-9(2)22-10(3)13(12)17-18-14/h5,9-10H,6-7H2,1-4H3,(H,16,21)(H,17,18)/t9-,10+/m1/s1. The summed E-state index contributed by atoms with van der Waals surface area (Å²) >= 11 is 0. The summed E-state index contributed by atoms with van der Waals surface area (Å²) in [5.74, 6) is -0.169. The largest absolute Gasteiger partial charge is 0.369 e. The first kappa shape index (κ1) is 14.8. The number of rotatable bonds is 3. The summed E-state index contributed by atoms with van der Waals surface area (Å²) in [6.45, 7) is 6.33. The Kier molecular flexibility index (Phi) is 3.74. The topological polar surface area (TPSA) is 84.8 Å². The summed E-state index contributed by atoms with van der Waals surface area (Å²) in [5, 5.41) is 14.3. The number of hydrogen-bond acceptors (Lipinski definition) is 4. The molecule has 2 aromatic heterocycles. The lowest BCUT2D eigenvalue weighted by Gasteiger charge is -2.25. The van der Waals surface area contributed by atoms with Crippen LogP contribution in [0.1, 0.15) is 53.1 Å². The predicted octanol–water partition coefficient (Wildman–Crippen LogP) is 1.40. The summed E-state index contributed by atoms with van der Waals surface area (Å²) in [5.41, 5.74) is 4.23. The van der Waals surface area contributed by atoms with Crippen LogP contribution >= 0.6 is 0 Å². The van der Waals surface area contributed by atoms with Gasteiger partial charge in [0.2, 0.25) is 0 Å². The molecule has 1 aliphatic heterocycles. The maximum Gasteiger partial charge on any atom is 0.272 e. The highest BCUT2D eigenvalue weighted by molar-refractivity contribution is 5.94. The zero-order valence-electron chi connectivity index (χ0n) is 13.3. The number of ether oxygens (including phenoxy) is 1. The average Bonchev–Trinajstić information content (AvgIpc) is 2.99. The average molecular weight is 303 g/mol. The molecule has 1 aliphatic rings. The molecule has 2 atom stereocenters. The smallest absolute Gasteiger partial charge is 0.272 e. The van der Waals surface area contributed by atoms with Gasteiger partial charge >= 0.3 is 0 Å². The number of aryl methyl sites for hydroxylation is 2. The normalized spacial score (nSPS) is 20.7. The summed E-state index contributed by atoms with van der Waals surface area (Å²) in [6.07, 6.45) is 0.725. The maximum absolute atomic E-state index is 12.4. The van der Waals surface area contributed by atoms with Crippen molar-refractivity contribution in [1.82, 2.24) is 25.3 Å². The van der Waals surface area contributed by atoms with E-state index < -0.39 is 0 Å². The molecule has 0 aromatic carbocycles. The van der Waals surface area contributed by atoms with Crippen molar-refractivity contribution in [2.75, 3.05) is 0 Å². The van der Waals surface area contributed by atoms with E-state index in [2.05, 4.69) is 20.6 Å². The Hall–Kier alpha value is -2.15. The summed E-state index contributed by atoms with van der Waals surface area (Å²) in [6, 6.07) is 1.96. The van der Waals surface area contributed by atoms with Crippen LogP contribution in [-0.4, -0.2) is 32.0 Å². The summed E-state index contributed by atoms with van der Waals surface area (Å²) in [4.78, 5) is 12.4. The van der Waals surface area contributed by atoms with E-state index >= 15 is 0 Å². The highest BCUT2D eigenvalue weighted by Gasteiger charge is 2.29.